The molecule has 9 heteroatoms. The molecule has 0 radical (unpaired) electrons. The zero-order valence-corrected chi connectivity index (χ0v) is 19.5. The van der Waals surface area contributed by atoms with E-state index in [-0.39, 0.29) is 10.8 Å². The van der Waals surface area contributed by atoms with Crippen LogP contribution in [-0.2, 0) is 14.8 Å². The van der Waals surface area contributed by atoms with Crippen molar-refractivity contribution in [2.24, 2.45) is 0 Å². The number of anilines is 2. The van der Waals surface area contributed by atoms with E-state index in [1.165, 1.54) is 17.1 Å². The maximum absolute atomic E-state index is 13.2. The molecule has 2 heterocycles. The maximum Gasteiger partial charge on any atom is 0.255 e. The van der Waals surface area contributed by atoms with Crippen molar-refractivity contribution in [3.63, 3.8) is 0 Å². The number of nitrogens with one attached hydrogen (secondary N) is 1. The summed E-state index contributed by atoms with van der Waals surface area (Å²) in [5.74, 6) is -0.329. The first-order valence-corrected chi connectivity index (χ1v) is 12.8. The predicted octanol–water partition coefficient (Wildman–Crippen LogP) is 3.99. The normalized spacial score (nSPS) is 18.2. The van der Waals surface area contributed by atoms with Gasteiger partial charge in [-0.1, -0.05) is 30.5 Å². The first-order chi connectivity index (χ1) is 15.4. The molecule has 2 aliphatic heterocycles. The van der Waals surface area contributed by atoms with E-state index >= 15 is 0 Å². The molecule has 0 aromatic heterocycles. The number of carbonyl (C=O) groups is 1. The van der Waals surface area contributed by atoms with Gasteiger partial charge in [0.25, 0.3) is 5.91 Å². The van der Waals surface area contributed by atoms with Crippen LogP contribution in [-0.4, -0.2) is 58.0 Å². The number of sulfonamides is 1. The van der Waals surface area contributed by atoms with Crippen molar-refractivity contribution in [3.8, 4) is 0 Å². The van der Waals surface area contributed by atoms with E-state index in [0.29, 0.717) is 42.6 Å². The zero-order valence-electron chi connectivity index (χ0n) is 17.9. The molecule has 2 fully saturated rings. The van der Waals surface area contributed by atoms with Gasteiger partial charge in [0.1, 0.15) is 0 Å². The molecule has 0 bridgehead atoms. The molecule has 0 atom stereocenters. The number of amides is 1. The highest BCUT2D eigenvalue weighted by atomic mass is 35.5. The van der Waals surface area contributed by atoms with E-state index in [1.54, 1.807) is 36.4 Å². The van der Waals surface area contributed by atoms with Crippen molar-refractivity contribution in [1.29, 1.82) is 0 Å². The van der Waals surface area contributed by atoms with Crippen LogP contribution in [0.4, 0.5) is 11.4 Å². The third kappa shape index (κ3) is 5.26. The van der Waals surface area contributed by atoms with Crippen LogP contribution >= 0.6 is 11.6 Å². The Morgan fingerprint density at radius 3 is 2.34 bits per heavy atom. The van der Waals surface area contributed by atoms with Crippen molar-refractivity contribution in [2.45, 2.75) is 30.6 Å². The highest BCUT2D eigenvalue weighted by molar-refractivity contribution is 7.89. The zero-order chi connectivity index (χ0) is 22.6. The molecule has 7 nitrogen and oxygen atoms in total. The minimum atomic E-state index is -3.68. The molecular weight excluding hydrogens is 450 g/mol. The SMILES string of the molecule is O=C(Nc1cc(S(=O)(=O)N2CCOCC2)ccc1N1CCCCCC1)c1cccc(Cl)c1. The lowest BCUT2D eigenvalue weighted by molar-refractivity contribution is 0.0730. The number of hydrogen-bond donors (Lipinski definition) is 1. The third-order valence-corrected chi connectivity index (χ3v) is 7.99. The largest absolute Gasteiger partial charge is 0.379 e. The molecule has 0 unspecified atom stereocenters. The Balaban J connectivity index is 1.69. The fraction of sp³-hybridized carbons (Fsp3) is 0.435. The molecule has 1 N–H and O–H groups in total. The molecule has 1 amide bonds. The molecular formula is C23H28ClN3O4S. The Labute approximate surface area is 194 Å². The van der Waals surface area contributed by atoms with E-state index < -0.39 is 10.0 Å². The van der Waals surface area contributed by atoms with Crippen LogP contribution in [0.5, 0.6) is 0 Å². The first-order valence-electron chi connectivity index (χ1n) is 11.0. The molecule has 172 valence electrons. The topological polar surface area (TPSA) is 79.0 Å². The van der Waals surface area contributed by atoms with E-state index in [9.17, 15) is 13.2 Å². The van der Waals surface area contributed by atoms with Crippen LogP contribution in [0.3, 0.4) is 0 Å². The summed E-state index contributed by atoms with van der Waals surface area (Å²) < 4.78 is 33.1. The van der Waals surface area contributed by atoms with Gasteiger partial charge in [-0.2, -0.15) is 4.31 Å². The van der Waals surface area contributed by atoms with Gasteiger partial charge in [-0.25, -0.2) is 8.42 Å². The van der Waals surface area contributed by atoms with Crippen molar-refractivity contribution in [1.82, 2.24) is 4.31 Å². The Morgan fingerprint density at radius 1 is 0.938 bits per heavy atom. The number of rotatable bonds is 5. The van der Waals surface area contributed by atoms with Crippen molar-refractivity contribution in [2.75, 3.05) is 49.6 Å². The Bertz CT molecular complexity index is 1060. The summed E-state index contributed by atoms with van der Waals surface area (Å²) in [7, 11) is -3.68. The van der Waals surface area contributed by atoms with Crippen LogP contribution < -0.4 is 10.2 Å². The molecule has 4 rings (SSSR count). The fourth-order valence-electron chi connectivity index (χ4n) is 4.12. The van der Waals surface area contributed by atoms with Crippen molar-refractivity contribution >= 4 is 38.9 Å². The minimum absolute atomic E-state index is 0.166. The fourth-order valence-corrected chi connectivity index (χ4v) is 5.75. The summed E-state index contributed by atoms with van der Waals surface area (Å²) in [4.78, 5) is 15.4. The van der Waals surface area contributed by atoms with Crippen LogP contribution in [0, 0.1) is 0 Å². The van der Waals surface area contributed by atoms with Crippen LogP contribution in [0.1, 0.15) is 36.0 Å². The number of ether oxygens (including phenoxy) is 1. The van der Waals surface area contributed by atoms with Gasteiger partial charge in [0.05, 0.1) is 29.5 Å². The monoisotopic (exact) mass is 477 g/mol. The van der Waals surface area contributed by atoms with Gasteiger partial charge in [-0.3, -0.25) is 4.79 Å². The molecule has 0 spiro atoms. The van der Waals surface area contributed by atoms with Crippen molar-refractivity contribution in [3.05, 3.63) is 53.1 Å². The molecule has 0 aliphatic carbocycles. The number of nitrogens with zero attached hydrogens (tertiary/aromatic N) is 2. The summed E-state index contributed by atoms with van der Waals surface area (Å²) in [5.41, 5.74) is 1.75. The van der Waals surface area contributed by atoms with Crippen LogP contribution in [0.15, 0.2) is 47.4 Å². The average Bonchev–Trinajstić information content (AvgIpc) is 3.09. The van der Waals surface area contributed by atoms with Gasteiger partial charge in [0, 0.05) is 36.8 Å². The summed E-state index contributed by atoms with van der Waals surface area (Å²) in [6, 6.07) is 11.7. The Morgan fingerprint density at radius 2 is 1.66 bits per heavy atom. The Kier molecular flexibility index (Phi) is 7.35. The number of halogens is 1. The summed E-state index contributed by atoms with van der Waals surface area (Å²) in [6.45, 7) is 3.14. The van der Waals surface area contributed by atoms with Crippen molar-refractivity contribution < 1.29 is 17.9 Å². The lowest BCUT2D eigenvalue weighted by Gasteiger charge is -2.28. The number of carbonyl (C=O) groups excluding carboxylic acids is 1. The average molecular weight is 478 g/mol. The predicted molar refractivity (Wildman–Crippen MR) is 126 cm³/mol. The second kappa shape index (κ2) is 10.2. The molecule has 0 saturated carbocycles. The third-order valence-electron chi connectivity index (χ3n) is 5.86. The van der Waals surface area contributed by atoms with E-state index in [4.69, 9.17) is 16.3 Å². The number of hydrogen-bond acceptors (Lipinski definition) is 5. The molecule has 32 heavy (non-hydrogen) atoms. The van der Waals surface area contributed by atoms with Crippen LogP contribution in [0.2, 0.25) is 5.02 Å². The molecule has 2 saturated heterocycles. The molecule has 2 aromatic rings. The minimum Gasteiger partial charge on any atom is -0.379 e. The molecule has 2 aromatic carbocycles. The number of benzene rings is 2. The smallest absolute Gasteiger partial charge is 0.255 e. The van der Waals surface area contributed by atoms with Gasteiger partial charge in [-0.15, -0.1) is 0 Å². The van der Waals surface area contributed by atoms with Gasteiger partial charge >= 0.3 is 0 Å². The summed E-state index contributed by atoms with van der Waals surface area (Å²) in [6.07, 6.45) is 4.47. The standard InChI is InChI=1S/C23H28ClN3O4S/c24-19-7-5-6-18(16-19)23(28)25-21-17-20(32(29,30)27-12-14-31-15-13-27)8-9-22(21)26-10-3-1-2-4-11-26/h5-9,16-17H,1-4,10-15H2,(H,25,28). The second-order valence-electron chi connectivity index (χ2n) is 8.06. The molecule has 2 aliphatic rings. The quantitative estimate of drug-likeness (QED) is 0.704. The van der Waals surface area contributed by atoms with E-state index in [0.717, 1.165) is 31.6 Å². The summed E-state index contributed by atoms with van der Waals surface area (Å²) in [5, 5.41) is 3.41. The summed E-state index contributed by atoms with van der Waals surface area (Å²) >= 11 is 6.05. The van der Waals surface area contributed by atoms with E-state index in [1.807, 2.05) is 6.07 Å². The van der Waals surface area contributed by atoms with Gasteiger partial charge in [0.2, 0.25) is 10.0 Å². The Hall–Kier alpha value is -2.13. The highest BCUT2D eigenvalue weighted by Gasteiger charge is 2.28. The van der Waals surface area contributed by atoms with Gasteiger partial charge in [-0.05, 0) is 49.2 Å². The maximum atomic E-state index is 13.2. The number of morpholine rings is 1. The highest BCUT2D eigenvalue weighted by Crippen LogP contribution is 2.32. The van der Waals surface area contributed by atoms with Crippen LogP contribution in [0.25, 0.3) is 0 Å². The van der Waals surface area contributed by atoms with Gasteiger partial charge < -0.3 is 15.0 Å². The van der Waals surface area contributed by atoms with E-state index in [2.05, 4.69) is 10.2 Å². The second-order valence-corrected chi connectivity index (χ2v) is 10.4. The first kappa shape index (κ1) is 23.0. The lowest BCUT2D eigenvalue weighted by atomic mass is 10.2. The van der Waals surface area contributed by atoms with Gasteiger partial charge in [0.15, 0.2) is 0 Å². The lowest BCUT2D eigenvalue weighted by Crippen LogP contribution is -2.40.